The van der Waals surface area contributed by atoms with Gasteiger partial charge in [0.1, 0.15) is 6.29 Å². The fourth-order valence-electron chi connectivity index (χ4n) is 1.91. The molecule has 0 heterocycles. The van der Waals surface area contributed by atoms with Crippen molar-refractivity contribution in [2.24, 2.45) is 0 Å². The number of rotatable bonds is 8. The summed E-state index contributed by atoms with van der Waals surface area (Å²) in [6.45, 7) is 11.8. The largest absolute Gasteiger partial charge is 0.351 e. The van der Waals surface area contributed by atoms with Crippen LogP contribution in [-0.2, 0) is 4.79 Å². The van der Waals surface area contributed by atoms with Crippen LogP contribution in [0, 0.1) is 0 Å². The maximum Gasteiger partial charge on any atom is 0.124 e. The Morgan fingerprint density at radius 3 is 2.32 bits per heavy atom. The Balaban J connectivity index is 5.77. The van der Waals surface area contributed by atoms with Crippen molar-refractivity contribution in [3.05, 3.63) is 70.6 Å². The molecule has 0 unspecified atom stereocenters. The molecule has 0 radical (unpaired) electrons. The predicted octanol–water partition coefficient (Wildman–Crippen LogP) is 5.52. The van der Waals surface area contributed by atoms with E-state index in [4.69, 9.17) is 11.6 Å². The third-order valence-corrected chi connectivity index (χ3v) is 3.46. The Hall–Kier alpha value is -1.80. The molecule has 22 heavy (non-hydrogen) atoms. The number of aldehydes is 1. The van der Waals surface area contributed by atoms with Gasteiger partial charge in [-0.05, 0) is 56.6 Å². The molecule has 2 nitrogen and oxygen atoms in total. The number of carbonyl (C=O) groups excluding carboxylic acids is 1. The van der Waals surface area contributed by atoms with Crippen LogP contribution in [0.1, 0.15) is 34.1 Å². The molecular formula is C19H26ClNO. The van der Waals surface area contributed by atoms with E-state index in [0.717, 1.165) is 28.7 Å². The van der Waals surface area contributed by atoms with E-state index in [1.165, 1.54) is 0 Å². The molecule has 0 atom stereocenters. The third-order valence-electron chi connectivity index (χ3n) is 3.13. The van der Waals surface area contributed by atoms with Gasteiger partial charge in [0.05, 0.1) is 0 Å². The van der Waals surface area contributed by atoms with Crippen molar-refractivity contribution in [2.45, 2.75) is 34.1 Å². The SMILES string of the molecule is C=C(CC=O)C(=C\N(C)C(/C=C\C)=C/C)/C(C)=C/C(Cl)=C\C. The first-order valence-corrected chi connectivity index (χ1v) is 7.64. The lowest BCUT2D eigenvalue weighted by molar-refractivity contribution is -0.107. The number of nitrogens with zero attached hydrogens (tertiary/aromatic N) is 1. The predicted molar refractivity (Wildman–Crippen MR) is 97.6 cm³/mol. The highest BCUT2D eigenvalue weighted by atomic mass is 35.5. The summed E-state index contributed by atoms with van der Waals surface area (Å²) >= 11 is 6.08. The van der Waals surface area contributed by atoms with Crippen LogP contribution in [0.3, 0.4) is 0 Å². The van der Waals surface area contributed by atoms with E-state index in [-0.39, 0.29) is 0 Å². The van der Waals surface area contributed by atoms with Gasteiger partial charge in [0.2, 0.25) is 0 Å². The molecule has 0 aliphatic heterocycles. The summed E-state index contributed by atoms with van der Waals surface area (Å²) in [6.07, 6.45) is 12.9. The van der Waals surface area contributed by atoms with Crippen LogP contribution in [0.25, 0.3) is 0 Å². The van der Waals surface area contributed by atoms with Crippen molar-refractivity contribution in [2.75, 3.05) is 7.05 Å². The van der Waals surface area contributed by atoms with E-state index in [0.29, 0.717) is 11.5 Å². The zero-order valence-electron chi connectivity index (χ0n) is 14.2. The second kappa shape index (κ2) is 10.9. The molecule has 120 valence electrons. The minimum atomic E-state index is 0.299. The lowest BCUT2D eigenvalue weighted by atomic mass is 9.98. The first kappa shape index (κ1) is 20.2. The lowest BCUT2D eigenvalue weighted by Crippen LogP contribution is -2.10. The smallest absolute Gasteiger partial charge is 0.124 e. The highest BCUT2D eigenvalue weighted by molar-refractivity contribution is 6.31. The number of allylic oxidation sites excluding steroid dienone is 9. The number of likely N-dealkylation sites (N-methyl/N-ethyl adjacent to an activating group) is 1. The van der Waals surface area contributed by atoms with Crippen molar-refractivity contribution < 1.29 is 4.79 Å². The summed E-state index contributed by atoms with van der Waals surface area (Å²) in [5, 5.41) is 0.657. The van der Waals surface area contributed by atoms with Crippen LogP contribution in [0.2, 0.25) is 0 Å². The summed E-state index contributed by atoms with van der Waals surface area (Å²) < 4.78 is 0. The van der Waals surface area contributed by atoms with E-state index in [1.807, 2.05) is 76.2 Å². The number of hydrogen-bond donors (Lipinski definition) is 0. The molecule has 0 N–H and O–H groups in total. The van der Waals surface area contributed by atoms with Crippen molar-refractivity contribution in [1.82, 2.24) is 4.90 Å². The highest BCUT2D eigenvalue weighted by Crippen LogP contribution is 2.24. The molecule has 0 spiro atoms. The molecule has 3 heteroatoms. The normalized spacial score (nSPS) is 14.5. The topological polar surface area (TPSA) is 20.3 Å². The Labute approximate surface area is 139 Å². The van der Waals surface area contributed by atoms with Crippen LogP contribution in [-0.4, -0.2) is 18.2 Å². The Bertz CT molecular complexity index is 548. The summed E-state index contributed by atoms with van der Waals surface area (Å²) in [6, 6.07) is 0. The molecule has 0 aliphatic carbocycles. The molecule has 0 aromatic rings. The van der Waals surface area contributed by atoms with Crippen molar-refractivity contribution in [1.29, 1.82) is 0 Å². The second-order valence-corrected chi connectivity index (χ2v) is 5.28. The van der Waals surface area contributed by atoms with Gasteiger partial charge in [0.25, 0.3) is 0 Å². The Morgan fingerprint density at radius 2 is 1.86 bits per heavy atom. The molecule has 0 aromatic carbocycles. The zero-order chi connectivity index (χ0) is 17.1. The molecule has 0 saturated heterocycles. The summed E-state index contributed by atoms with van der Waals surface area (Å²) in [7, 11) is 1.97. The Morgan fingerprint density at radius 1 is 1.23 bits per heavy atom. The molecule has 0 fully saturated rings. The van der Waals surface area contributed by atoms with Gasteiger partial charge in [-0.25, -0.2) is 0 Å². The molecule has 0 aromatic heterocycles. The highest BCUT2D eigenvalue weighted by Gasteiger charge is 2.08. The Kier molecular flexibility index (Phi) is 9.97. The average Bonchev–Trinajstić information content (AvgIpc) is 2.49. The van der Waals surface area contributed by atoms with Crippen molar-refractivity contribution in [3.8, 4) is 0 Å². The maximum absolute atomic E-state index is 10.8. The van der Waals surface area contributed by atoms with Gasteiger partial charge < -0.3 is 9.69 Å². The molecule has 0 rings (SSSR count). The number of hydrogen-bond acceptors (Lipinski definition) is 2. The third kappa shape index (κ3) is 6.77. The van der Waals surface area contributed by atoms with Gasteiger partial charge in [0, 0.05) is 30.4 Å². The van der Waals surface area contributed by atoms with Crippen LogP contribution in [0.15, 0.2) is 70.6 Å². The zero-order valence-corrected chi connectivity index (χ0v) is 14.9. The quantitative estimate of drug-likeness (QED) is 0.434. The van der Waals surface area contributed by atoms with E-state index in [9.17, 15) is 4.79 Å². The minimum absolute atomic E-state index is 0.299. The number of carbonyl (C=O) groups is 1. The van der Waals surface area contributed by atoms with Gasteiger partial charge >= 0.3 is 0 Å². The van der Waals surface area contributed by atoms with E-state index < -0.39 is 0 Å². The average molecular weight is 320 g/mol. The van der Waals surface area contributed by atoms with E-state index >= 15 is 0 Å². The van der Waals surface area contributed by atoms with Gasteiger partial charge in [-0.15, -0.1) is 0 Å². The minimum Gasteiger partial charge on any atom is -0.351 e. The van der Waals surface area contributed by atoms with Gasteiger partial charge in [0.15, 0.2) is 0 Å². The molecule has 0 saturated carbocycles. The van der Waals surface area contributed by atoms with E-state index in [1.54, 1.807) is 0 Å². The van der Waals surface area contributed by atoms with E-state index in [2.05, 4.69) is 6.58 Å². The van der Waals surface area contributed by atoms with Crippen LogP contribution in [0.4, 0.5) is 0 Å². The first-order valence-electron chi connectivity index (χ1n) is 7.27. The second-order valence-electron chi connectivity index (χ2n) is 4.84. The van der Waals surface area contributed by atoms with Crippen molar-refractivity contribution in [3.63, 3.8) is 0 Å². The van der Waals surface area contributed by atoms with Crippen LogP contribution in [0.5, 0.6) is 0 Å². The molecule has 0 bridgehead atoms. The van der Waals surface area contributed by atoms with Gasteiger partial charge in [-0.1, -0.05) is 36.4 Å². The lowest BCUT2D eigenvalue weighted by Gasteiger charge is -2.19. The molecule has 0 aliphatic rings. The monoisotopic (exact) mass is 319 g/mol. The van der Waals surface area contributed by atoms with Crippen molar-refractivity contribution >= 4 is 17.9 Å². The summed E-state index contributed by atoms with van der Waals surface area (Å²) in [5.74, 6) is 0. The fourth-order valence-corrected chi connectivity index (χ4v) is 2.07. The van der Waals surface area contributed by atoms with Crippen LogP contribution < -0.4 is 0 Å². The van der Waals surface area contributed by atoms with Gasteiger partial charge in [-0.2, -0.15) is 0 Å². The number of halogens is 1. The van der Waals surface area contributed by atoms with Gasteiger partial charge in [-0.3, -0.25) is 0 Å². The maximum atomic E-state index is 10.8. The molecule has 0 amide bonds. The summed E-state index contributed by atoms with van der Waals surface area (Å²) in [5.41, 5.74) is 3.71. The molecular weight excluding hydrogens is 294 g/mol. The standard InChI is InChI=1S/C19H26ClNO/c1-7-10-18(9-3)21(6)14-19(15(4)11-12-22)16(5)13-17(20)8-2/h7-10,12-14H,4,11H2,1-3,5-6H3/b10-7-,16-13+,17-8+,18-9+,19-14+. The van der Waals surface area contributed by atoms with Crippen LogP contribution >= 0.6 is 11.6 Å². The fraction of sp³-hybridized carbons (Fsp3) is 0.316. The first-order chi connectivity index (χ1) is 10.4. The summed E-state index contributed by atoms with van der Waals surface area (Å²) in [4.78, 5) is 12.8.